The Balaban J connectivity index is 3.16. The number of imidazole rings is 1. The SMILES string of the molecule is CON(C)C(=O)C(CO[Si](C)(C)C(C)(C)C)N(C(=O)O)c1ncc[nH]1. The second-order valence-corrected chi connectivity index (χ2v) is 12.0. The van der Waals surface area contributed by atoms with Crippen LogP contribution in [0.1, 0.15) is 20.8 Å². The van der Waals surface area contributed by atoms with Crippen molar-refractivity contribution in [3.63, 3.8) is 0 Å². The third-order valence-electron chi connectivity index (χ3n) is 4.51. The summed E-state index contributed by atoms with van der Waals surface area (Å²) < 4.78 is 6.09. The van der Waals surface area contributed by atoms with E-state index in [1.54, 1.807) is 0 Å². The van der Waals surface area contributed by atoms with Gasteiger partial charge in [0.1, 0.15) is 6.04 Å². The van der Waals surface area contributed by atoms with E-state index in [0.717, 1.165) is 9.96 Å². The van der Waals surface area contributed by atoms with Gasteiger partial charge in [-0.2, -0.15) is 0 Å². The number of carbonyl (C=O) groups is 2. The summed E-state index contributed by atoms with van der Waals surface area (Å²) in [5, 5.41) is 10.5. The van der Waals surface area contributed by atoms with Gasteiger partial charge in [0.15, 0.2) is 8.32 Å². The van der Waals surface area contributed by atoms with E-state index in [2.05, 4.69) is 30.7 Å². The molecule has 0 aliphatic carbocycles. The molecule has 142 valence electrons. The molecule has 1 heterocycles. The molecule has 10 heteroatoms. The molecule has 2 amide bonds. The van der Waals surface area contributed by atoms with Gasteiger partial charge in [-0.15, -0.1) is 0 Å². The Bertz CT molecular complexity index is 585. The second kappa shape index (κ2) is 7.98. The molecule has 0 spiro atoms. The Morgan fingerprint density at radius 1 is 1.40 bits per heavy atom. The van der Waals surface area contributed by atoms with Gasteiger partial charge in [0, 0.05) is 19.4 Å². The number of hydrogen-bond donors (Lipinski definition) is 2. The van der Waals surface area contributed by atoms with Crippen LogP contribution in [0.4, 0.5) is 10.7 Å². The smallest absolute Gasteiger partial charge is 0.415 e. The molecule has 0 aromatic carbocycles. The third-order valence-corrected chi connectivity index (χ3v) is 9.01. The van der Waals surface area contributed by atoms with Crippen molar-refractivity contribution in [3.05, 3.63) is 12.4 Å². The van der Waals surface area contributed by atoms with E-state index in [0.29, 0.717) is 0 Å². The first kappa shape index (κ1) is 21.1. The molecular weight excluding hydrogens is 344 g/mol. The highest BCUT2D eigenvalue weighted by Gasteiger charge is 2.41. The monoisotopic (exact) mass is 372 g/mol. The van der Waals surface area contributed by atoms with Crippen LogP contribution in [0, 0.1) is 0 Å². The number of carbonyl (C=O) groups excluding carboxylic acids is 1. The molecular formula is C15H28N4O5Si. The van der Waals surface area contributed by atoms with Crippen molar-refractivity contribution in [1.29, 1.82) is 0 Å². The van der Waals surface area contributed by atoms with Gasteiger partial charge in [-0.25, -0.2) is 19.7 Å². The molecule has 0 aliphatic rings. The molecule has 1 rings (SSSR count). The highest BCUT2D eigenvalue weighted by Crippen LogP contribution is 2.36. The number of anilines is 1. The fourth-order valence-electron chi connectivity index (χ4n) is 1.82. The maximum atomic E-state index is 12.7. The van der Waals surface area contributed by atoms with Crippen LogP contribution in [0.25, 0.3) is 0 Å². The van der Waals surface area contributed by atoms with Crippen LogP contribution >= 0.6 is 0 Å². The van der Waals surface area contributed by atoms with Crippen LogP contribution in [0.15, 0.2) is 12.4 Å². The summed E-state index contributed by atoms with van der Waals surface area (Å²) in [6.45, 7) is 10.2. The summed E-state index contributed by atoms with van der Waals surface area (Å²) in [4.78, 5) is 36.9. The summed E-state index contributed by atoms with van der Waals surface area (Å²) >= 11 is 0. The number of aromatic nitrogens is 2. The van der Waals surface area contributed by atoms with E-state index in [9.17, 15) is 14.7 Å². The lowest BCUT2D eigenvalue weighted by atomic mass is 10.2. The second-order valence-electron chi connectivity index (χ2n) is 7.17. The Morgan fingerprint density at radius 3 is 2.40 bits per heavy atom. The zero-order valence-corrected chi connectivity index (χ0v) is 16.9. The summed E-state index contributed by atoms with van der Waals surface area (Å²) in [6.07, 6.45) is 1.60. The Hall–Kier alpha value is -1.91. The molecule has 9 nitrogen and oxygen atoms in total. The van der Waals surface area contributed by atoms with Crippen LogP contribution in [0.2, 0.25) is 18.1 Å². The highest BCUT2D eigenvalue weighted by atomic mass is 28.4. The van der Waals surface area contributed by atoms with Crippen molar-refractivity contribution in [2.45, 2.75) is 44.9 Å². The Kier molecular flexibility index (Phi) is 6.74. The lowest BCUT2D eigenvalue weighted by Gasteiger charge is -2.38. The third kappa shape index (κ3) is 5.03. The van der Waals surface area contributed by atoms with E-state index in [-0.39, 0.29) is 17.6 Å². The minimum Gasteiger partial charge on any atom is -0.465 e. The van der Waals surface area contributed by atoms with E-state index in [1.807, 2.05) is 13.1 Å². The molecule has 0 bridgehead atoms. The molecule has 25 heavy (non-hydrogen) atoms. The topological polar surface area (TPSA) is 108 Å². The van der Waals surface area contributed by atoms with Gasteiger partial charge in [0.2, 0.25) is 5.95 Å². The quantitative estimate of drug-likeness (QED) is 0.562. The number of H-pyrrole nitrogens is 1. The highest BCUT2D eigenvalue weighted by molar-refractivity contribution is 6.74. The Labute approximate surface area is 149 Å². The minimum atomic E-state index is -2.19. The van der Waals surface area contributed by atoms with Crippen molar-refractivity contribution >= 4 is 26.3 Å². The first-order chi connectivity index (χ1) is 11.4. The molecule has 2 N–H and O–H groups in total. The van der Waals surface area contributed by atoms with Gasteiger partial charge in [-0.3, -0.25) is 9.63 Å². The molecule has 1 aromatic heterocycles. The molecule has 1 unspecified atom stereocenters. The summed E-state index contributed by atoms with van der Waals surface area (Å²) in [7, 11) is 0.570. The van der Waals surface area contributed by atoms with E-state index >= 15 is 0 Å². The van der Waals surface area contributed by atoms with Gasteiger partial charge in [-0.05, 0) is 18.1 Å². The molecule has 1 atom stereocenters. The summed E-state index contributed by atoms with van der Waals surface area (Å²) in [6, 6.07) is -1.12. The lowest BCUT2D eigenvalue weighted by Crippen LogP contribution is -2.55. The predicted molar refractivity (Wildman–Crippen MR) is 95.8 cm³/mol. The summed E-state index contributed by atoms with van der Waals surface area (Å²) in [5.74, 6) is -0.491. The largest absolute Gasteiger partial charge is 0.465 e. The Morgan fingerprint density at radius 2 is 2.00 bits per heavy atom. The van der Waals surface area contributed by atoms with Crippen LogP contribution in [-0.4, -0.2) is 67.3 Å². The fourth-order valence-corrected chi connectivity index (χ4v) is 2.83. The molecule has 0 saturated heterocycles. The normalized spacial score (nSPS) is 13.4. The van der Waals surface area contributed by atoms with Crippen molar-refractivity contribution < 1.29 is 24.0 Å². The van der Waals surface area contributed by atoms with Crippen molar-refractivity contribution in [2.75, 3.05) is 25.7 Å². The minimum absolute atomic E-state index is 0.0502. The molecule has 0 fully saturated rings. The number of rotatable bonds is 7. The van der Waals surface area contributed by atoms with Crippen LogP contribution in [-0.2, 0) is 14.1 Å². The van der Waals surface area contributed by atoms with Crippen molar-refractivity contribution in [3.8, 4) is 0 Å². The van der Waals surface area contributed by atoms with Crippen molar-refractivity contribution in [1.82, 2.24) is 15.0 Å². The number of nitrogens with one attached hydrogen (secondary N) is 1. The zero-order valence-electron chi connectivity index (χ0n) is 15.9. The van der Waals surface area contributed by atoms with Crippen LogP contribution in [0.3, 0.4) is 0 Å². The zero-order chi connectivity index (χ0) is 19.4. The van der Waals surface area contributed by atoms with E-state index in [4.69, 9.17) is 9.26 Å². The summed E-state index contributed by atoms with van der Waals surface area (Å²) in [5.41, 5.74) is 0. The number of nitrogens with zero attached hydrogens (tertiary/aromatic N) is 3. The predicted octanol–water partition coefficient (Wildman–Crippen LogP) is 2.30. The van der Waals surface area contributed by atoms with Gasteiger partial charge >= 0.3 is 6.09 Å². The number of hydrogen-bond acceptors (Lipinski definition) is 5. The van der Waals surface area contributed by atoms with E-state index < -0.39 is 26.4 Å². The molecule has 1 aromatic rings. The molecule has 0 saturated carbocycles. The first-order valence-electron chi connectivity index (χ1n) is 7.89. The number of aromatic amines is 1. The van der Waals surface area contributed by atoms with Crippen molar-refractivity contribution in [2.24, 2.45) is 0 Å². The number of amides is 2. The maximum Gasteiger partial charge on any atom is 0.415 e. The van der Waals surface area contributed by atoms with E-state index in [1.165, 1.54) is 26.6 Å². The van der Waals surface area contributed by atoms with Crippen LogP contribution in [0.5, 0.6) is 0 Å². The van der Waals surface area contributed by atoms with Gasteiger partial charge in [0.25, 0.3) is 5.91 Å². The van der Waals surface area contributed by atoms with Gasteiger partial charge < -0.3 is 14.5 Å². The maximum absolute atomic E-state index is 12.7. The standard InChI is InChI=1S/C15H28N4O5Si/c1-15(2,3)25(6,7)24-10-11(12(20)18(4)23-5)19(14(21)22)13-16-8-9-17-13/h8-9,11H,10H2,1-7H3,(H,16,17)(H,21,22). The fraction of sp³-hybridized carbons (Fsp3) is 0.667. The average Bonchev–Trinajstić information content (AvgIpc) is 3.01. The number of hydroxylamine groups is 2. The van der Waals surface area contributed by atoms with Gasteiger partial charge in [0.05, 0.1) is 13.7 Å². The van der Waals surface area contributed by atoms with Gasteiger partial charge in [-0.1, -0.05) is 20.8 Å². The number of carboxylic acid groups (broad SMARTS) is 1. The average molecular weight is 372 g/mol. The first-order valence-corrected chi connectivity index (χ1v) is 10.8. The molecule has 0 radical (unpaired) electrons. The number of likely N-dealkylation sites (N-methyl/N-ethyl adjacent to an activating group) is 1. The molecule has 0 aliphatic heterocycles. The van der Waals surface area contributed by atoms with Crippen LogP contribution < -0.4 is 4.90 Å². The lowest BCUT2D eigenvalue weighted by molar-refractivity contribution is -0.170.